The number of carbonyl (C=O) groups is 1. The van der Waals surface area contributed by atoms with Gasteiger partial charge in [-0.1, -0.05) is 0 Å². The lowest BCUT2D eigenvalue weighted by Crippen LogP contribution is -2.04. The third-order valence-corrected chi connectivity index (χ3v) is 3.06. The van der Waals surface area contributed by atoms with E-state index in [9.17, 15) is 14.9 Å². The normalized spacial score (nSPS) is 9.69. The van der Waals surface area contributed by atoms with Crippen LogP contribution in [0, 0.1) is 13.8 Å². The molecule has 13 heavy (non-hydrogen) atoms. The van der Waals surface area contributed by atoms with Gasteiger partial charge in [-0.2, -0.15) is 0 Å². The molecule has 1 N–H and O–H groups in total. The third kappa shape index (κ3) is 2.59. The smallest absolute Gasteiger partial charge is 0.302 e. The summed E-state index contributed by atoms with van der Waals surface area (Å²) >= 11 is 2.60. The number of nitrogens with zero attached hydrogens (tertiary/aromatic N) is 2. The Morgan fingerprint density at radius 3 is 2.77 bits per heavy atom. The molecule has 1 aromatic rings. The van der Waals surface area contributed by atoms with Crippen molar-refractivity contribution in [1.29, 1.82) is 0 Å². The summed E-state index contributed by atoms with van der Waals surface area (Å²) in [6.07, 6.45) is 0. The van der Waals surface area contributed by atoms with Gasteiger partial charge in [-0.05, 0) is 33.9 Å². The minimum atomic E-state index is -0.523. The van der Waals surface area contributed by atoms with Crippen molar-refractivity contribution in [2.45, 2.75) is 6.92 Å². The van der Waals surface area contributed by atoms with Crippen molar-refractivity contribution in [3.05, 3.63) is 13.8 Å². The van der Waals surface area contributed by atoms with Gasteiger partial charge in [0.25, 0.3) is 0 Å². The van der Waals surface area contributed by atoms with E-state index in [4.69, 9.17) is 0 Å². The number of thiazole rings is 1. The highest BCUT2D eigenvalue weighted by Gasteiger charge is 2.19. The Balaban J connectivity index is 2.95. The number of hydrogen-bond acceptors (Lipinski definition) is 5. The Morgan fingerprint density at radius 2 is 2.38 bits per heavy atom. The first kappa shape index (κ1) is 10.3. The SMILES string of the molecule is CC(=O)Nc1nc(I)c([N+](=O)[O-])s1. The summed E-state index contributed by atoms with van der Waals surface area (Å²) in [5.41, 5.74) is 0. The molecule has 0 saturated heterocycles. The van der Waals surface area contributed by atoms with Crippen LogP contribution in [0.15, 0.2) is 0 Å². The number of nitro groups is 1. The zero-order valence-corrected chi connectivity index (χ0v) is 9.38. The van der Waals surface area contributed by atoms with Crippen molar-refractivity contribution in [3.8, 4) is 0 Å². The number of rotatable bonds is 2. The molecule has 0 aliphatic carbocycles. The van der Waals surface area contributed by atoms with E-state index in [0.29, 0.717) is 0 Å². The fourth-order valence-electron chi connectivity index (χ4n) is 0.610. The lowest BCUT2D eigenvalue weighted by Gasteiger charge is -1.90. The lowest BCUT2D eigenvalue weighted by atomic mass is 10.7. The molecule has 1 amide bonds. The van der Waals surface area contributed by atoms with E-state index in [1.807, 2.05) is 0 Å². The van der Waals surface area contributed by atoms with Crippen LogP contribution in [0.1, 0.15) is 6.92 Å². The Hall–Kier alpha value is -0.770. The van der Waals surface area contributed by atoms with Crippen LogP contribution in [0.5, 0.6) is 0 Å². The summed E-state index contributed by atoms with van der Waals surface area (Å²) in [4.78, 5) is 24.2. The molecular weight excluding hydrogens is 309 g/mol. The first-order chi connectivity index (χ1) is 6.00. The largest absolute Gasteiger partial charge is 0.359 e. The van der Waals surface area contributed by atoms with Crippen LogP contribution in [0.3, 0.4) is 0 Å². The van der Waals surface area contributed by atoms with Crippen LogP contribution in [0.25, 0.3) is 0 Å². The van der Waals surface area contributed by atoms with Crippen molar-refractivity contribution in [2.24, 2.45) is 0 Å². The molecule has 1 heterocycles. The third-order valence-electron chi connectivity index (χ3n) is 1.02. The second-order valence-electron chi connectivity index (χ2n) is 2.05. The van der Waals surface area contributed by atoms with Crippen molar-refractivity contribution in [1.82, 2.24) is 4.98 Å². The molecule has 0 aliphatic rings. The molecule has 8 heteroatoms. The summed E-state index contributed by atoms with van der Waals surface area (Å²) < 4.78 is 0.288. The summed E-state index contributed by atoms with van der Waals surface area (Å²) in [5.74, 6) is -0.292. The minimum absolute atomic E-state index is 0.0515. The zero-order chi connectivity index (χ0) is 10.0. The molecular formula is C5H4IN3O3S. The number of halogens is 1. The van der Waals surface area contributed by atoms with E-state index in [1.165, 1.54) is 6.92 Å². The first-order valence-corrected chi connectivity index (χ1v) is 4.98. The number of aromatic nitrogens is 1. The molecule has 0 aliphatic heterocycles. The van der Waals surface area contributed by atoms with Gasteiger partial charge in [0.15, 0.2) is 8.83 Å². The van der Waals surface area contributed by atoms with Gasteiger partial charge >= 0.3 is 5.00 Å². The van der Waals surface area contributed by atoms with Gasteiger partial charge in [-0.3, -0.25) is 14.9 Å². The van der Waals surface area contributed by atoms with Gasteiger partial charge in [-0.15, -0.1) is 0 Å². The molecule has 0 aromatic carbocycles. The average Bonchev–Trinajstić information content (AvgIpc) is 2.29. The maximum absolute atomic E-state index is 10.6. The second-order valence-corrected chi connectivity index (χ2v) is 4.05. The molecule has 0 bridgehead atoms. The van der Waals surface area contributed by atoms with Crippen LogP contribution >= 0.6 is 33.9 Å². The number of hydrogen-bond donors (Lipinski definition) is 1. The van der Waals surface area contributed by atoms with E-state index < -0.39 is 4.92 Å². The predicted octanol–water partition coefficient (Wildman–Crippen LogP) is 1.61. The molecule has 70 valence electrons. The maximum Gasteiger partial charge on any atom is 0.359 e. The maximum atomic E-state index is 10.6. The quantitative estimate of drug-likeness (QED) is 0.511. The Labute approximate surface area is 90.6 Å². The van der Waals surface area contributed by atoms with Gasteiger partial charge in [-0.25, -0.2) is 4.98 Å². The van der Waals surface area contributed by atoms with Gasteiger partial charge in [0.05, 0.1) is 4.92 Å². The Morgan fingerprint density at radius 1 is 1.77 bits per heavy atom. The topological polar surface area (TPSA) is 85.1 Å². The highest BCUT2D eigenvalue weighted by Crippen LogP contribution is 2.31. The summed E-state index contributed by atoms with van der Waals surface area (Å²) in [6, 6.07) is 0. The molecule has 0 saturated carbocycles. The average molecular weight is 313 g/mol. The van der Waals surface area contributed by atoms with Crippen molar-refractivity contribution >= 4 is 50.0 Å². The molecule has 0 atom stereocenters. The predicted molar refractivity (Wildman–Crippen MR) is 55.8 cm³/mol. The number of amides is 1. The molecule has 1 aromatic heterocycles. The van der Waals surface area contributed by atoms with E-state index in [0.717, 1.165) is 11.3 Å². The molecule has 0 spiro atoms. The summed E-state index contributed by atoms with van der Waals surface area (Å²) in [7, 11) is 0. The molecule has 1 rings (SSSR count). The highest BCUT2D eigenvalue weighted by atomic mass is 127. The first-order valence-electron chi connectivity index (χ1n) is 3.09. The van der Waals surface area contributed by atoms with Gasteiger partial charge in [0, 0.05) is 6.92 Å². The molecule has 6 nitrogen and oxygen atoms in total. The Bertz CT molecular complexity index is 364. The van der Waals surface area contributed by atoms with Gasteiger partial charge in [0.1, 0.15) is 0 Å². The van der Waals surface area contributed by atoms with Gasteiger partial charge in [0.2, 0.25) is 5.91 Å². The van der Waals surface area contributed by atoms with Crippen LogP contribution in [0.2, 0.25) is 0 Å². The zero-order valence-electron chi connectivity index (χ0n) is 6.41. The molecule has 0 fully saturated rings. The number of anilines is 1. The number of carbonyl (C=O) groups excluding carboxylic acids is 1. The van der Waals surface area contributed by atoms with Crippen molar-refractivity contribution in [3.63, 3.8) is 0 Å². The van der Waals surface area contributed by atoms with Crippen LogP contribution in [-0.2, 0) is 4.79 Å². The standard InChI is InChI=1S/C5H4IN3O3S/c1-2(10)7-5-8-3(6)4(13-5)9(11)12/h1H3,(H,7,8,10). The fraction of sp³-hybridized carbons (Fsp3) is 0.200. The molecule has 0 unspecified atom stereocenters. The van der Waals surface area contributed by atoms with E-state index in [2.05, 4.69) is 10.3 Å². The van der Waals surface area contributed by atoms with Crippen molar-refractivity contribution < 1.29 is 9.72 Å². The fourth-order valence-corrected chi connectivity index (χ4v) is 2.26. The number of nitrogens with one attached hydrogen (secondary N) is 1. The van der Waals surface area contributed by atoms with Crippen LogP contribution in [-0.4, -0.2) is 15.8 Å². The van der Waals surface area contributed by atoms with E-state index in [-0.39, 0.29) is 19.7 Å². The highest BCUT2D eigenvalue weighted by molar-refractivity contribution is 14.1. The lowest BCUT2D eigenvalue weighted by molar-refractivity contribution is -0.381. The van der Waals surface area contributed by atoms with Crippen LogP contribution in [0.4, 0.5) is 10.1 Å². The second kappa shape index (κ2) is 3.96. The van der Waals surface area contributed by atoms with E-state index in [1.54, 1.807) is 22.6 Å². The summed E-state index contributed by atoms with van der Waals surface area (Å²) in [5, 5.41) is 13.0. The van der Waals surface area contributed by atoms with Gasteiger partial charge < -0.3 is 5.32 Å². The monoisotopic (exact) mass is 313 g/mol. The minimum Gasteiger partial charge on any atom is -0.302 e. The van der Waals surface area contributed by atoms with Crippen LogP contribution < -0.4 is 5.32 Å². The van der Waals surface area contributed by atoms with Crippen molar-refractivity contribution in [2.75, 3.05) is 5.32 Å². The Kier molecular flexibility index (Phi) is 3.14. The van der Waals surface area contributed by atoms with E-state index >= 15 is 0 Å². The summed E-state index contributed by atoms with van der Waals surface area (Å²) in [6.45, 7) is 1.32. The molecule has 0 radical (unpaired) electrons.